The number of nitrogens with zero attached hydrogens (tertiary/aromatic N) is 3. The second-order valence-electron chi connectivity index (χ2n) is 5.10. The van der Waals surface area contributed by atoms with Crippen LogP contribution in [0, 0.1) is 10.1 Å². The molecule has 0 saturated heterocycles. The molecular formula is C18H14N4O3. The first-order chi connectivity index (χ1) is 12.1. The molecule has 0 amide bonds. The molecule has 0 spiro atoms. The number of hydrazone groups is 1. The molecule has 124 valence electrons. The monoisotopic (exact) mass is 334 g/mol. The number of hydrogen-bond acceptors (Lipinski definition) is 6. The quantitative estimate of drug-likeness (QED) is 0.252. The number of allylic oxidation sites excluding steroid dienone is 2. The molecule has 0 bridgehead atoms. The Morgan fingerprint density at radius 1 is 1.32 bits per heavy atom. The van der Waals surface area contributed by atoms with Crippen molar-refractivity contribution in [3.8, 4) is 0 Å². The number of hydrogen-bond donors (Lipinski definition) is 1. The third kappa shape index (κ3) is 3.16. The fraction of sp³-hybridized carbons (Fsp3) is 0. The van der Waals surface area contributed by atoms with Crippen LogP contribution in [0.4, 0.5) is 5.88 Å². The Labute approximate surface area is 142 Å². The Kier molecular flexibility index (Phi) is 4.38. The van der Waals surface area contributed by atoms with Crippen molar-refractivity contribution in [3.63, 3.8) is 0 Å². The lowest BCUT2D eigenvalue weighted by atomic mass is 10.0. The molecule has 7 nitrogen and oxygen atoms in total. The maximum Gasteiger partial charge on any atom is 0.433 e. The van der Waals surface area contributed by atoms with Gasteiger partial charge in [-0.25, -0.2) is 4.98 Å². The van der Waals surface area contributed by atoms with Crippen molar-refractivity contribution in [2.45, 2.75) is 0 Å². The van der Waals surface area contributed by atoms with Crippen LogP contribution in [0.1, 0.15) is 17.0 Å². The van der Waals surface area contributed by atoms with Gasteiger partial charge in [0.15, 0.2) is 0 Å². The Balaban J connectivity index is 2.21. The average Bonchev–Trinajstić information content (AvgIpc) is 3.10. The summed E-state index contributed by atoms with van der Waals surface area (Å²) in [6, 6.07) is 12.2. The molecule has 3 rings (SSSR count). The minimum absolute atomic E-state index is 0.324. The minimum Gasteiger partial charge on any atom is -0.401 e. The van der Waals surface area contributed by atoms with Crippen LogP contribution in [0.5, 0.6) is 0 Å². The molecule has 2 N–H and O–H groups in total. The summed E-state index contributed by atoms with van der Waals surface area (Å²) >= 11 is 0. The van der Waals surface area contributed by atoms with E-state index in [-0.39, 0.29) is 5.88 Å². The molecule has 0 unspecified atom stereocenters. The van der Waals surface area contributed by atoms with Gasteiger partial charge in [0.25, 0.3) is 0 Å². The number of benzene rings is 1. The molecule has 0 saturated carbocycles. The van der Waals surface area contributed by atoms with Crippen molar-refractivity contribution < 1.29 is 9.34 Å². The molecule has 7 heteroatoms. The van der Waals surface area contributed by atoms with Gasteiger partial charge in [-0.1, -0.05) is 30.9 Å². The smallest absolute Gasteiger partial charge is 0.401 e. The fourth-order valence-electron chi connectivity index (χ4n) is 2.51. The lowest BCUT2D eigenvalue weighted by Gasteiger charge is -2.08. The Morgan fingerprint density at radius 3 is 2.80 bits per heavy atom. The van der Waals surface area contributed by atoms with Gasteiger partial charge in [-0.3, -0.25) is 10.1 Å². The number of fused-ring (bicyclic) bond motifs is 1. The van der Waals surface area contributed by atoms with Gasteiger partial charge in [0.05, 0.1) is 23.5 Å². The molecule has 3 aromatic rings. The van der Waals surface area contributed by atoms with Crippen molar-refractivity contribution in [1.82, 2.24) is 4.98 Å². The number of furan rings is 1. The first-order valence-corrected chi connectivity index (χ1v) is 7.34. The standard InChI is InChI=1S/C18H14N4O3/c1-2-5-14(17-8-9-18(25-17)22(23)24)16-10-12(11-20-19)13-6-3-4-7-15(13)21-16/h2-11H,1,19H2/b14-5-,20-11+. The van der Waals surface area contributed by atoms with E-state index < -0.39 is 4.92 Å². The summed E-state index contributed by atoms with van der Waals surface area (Å²) in [7, 11) is 0. The van der Waals surface area contributed by atoms with Crippen molar-refractivity contribution in [2.24, 2.45) is 10.9 Å². The lowest BCUT2D eigenvalue weighted by molar-refractivity contribution is -0.402. The van der Waals surface area contributed by atoms with Crippen molar-refractivity contribution in [2.75, 3.05) is 0 Å². The van der Waals surface area contributed by atoms with Crippen LogP contribution in [0.15, 0.2) is 70.7 Å². The van der Waals surface area contributed by atoms with Gasteiger partial charge < -0.3 is 10.3 Å². The van der Waals surface area contributed by atoms with Gasteiger partial charge >= 0.3 is 5.88 Å². The highest BCUT2D eigenvalue weighted by Crippen LogP contribution is 2.29. The van der Waals surface area contributed by atoms with E-state index in [1.54, 1.807) is 18.2 Å². The van der Waals surface area contributed by atoms with Crippen molar-refractivity contribution >= 4 is 28.6 Å². The van der Waals surface area contributed by atoms with Crippen LogP contribution in [0.3, 0.4) is 0 Å². The SMILES string of the molecule is C=C/C=C(/c1cc(/C=N/N)c2ccccc2n1)c1ccc([N+](=O)[O-])o1. The predicted molar refractivity (Wildman–Crippen MR) is 96.2 cm³/mol. The normalized spacial score (nSPS) is 11.9. The molecule has 0 fully saturated rings. The fourth-order valence-corrected chi connectivity index (χ4v) is 2.51. The van der Waals surface area contributed by atoms with E-state index in [0.29, 0.717) is 17.0 Å². The second kappa shape index (κ2) is 6.79. The Hall–Kier alpha value is -3.74. The first kappa shape index (κ1) is 16.1. The Bertz CT molecular complexity index is 1020. The molecule has 0 aliphatic carbocycles. The number of nitro groups is 1. The summed E-state index contributed by atoms with van der Waals surface area (Å²) in [5, 5.41) is 15.4. The number of para-hydroxylation sites is 1. The molecular weight excluding hydrogens is 320 g/mol. The van der Waals surface area contributed by atoms with E-state index in [1.165, 1.54) is 18.3 Å². The summed E-state index contributed by atoms with van der Waals surface area (Å²) in [4.78, 5) is 14.9. The highest BCUT2D eigenvalue weighted by Gasteiger charge is 2.17. The Morgan fingerprint density at radius 2 is 2.12 bits per heavy atom. The molecule has 0 aliphatic heterocycles. The van der Waals surface area contributed by atoms with Gasteiger partial charge in [0.2, 0.25) is 0 Å². The highest BCUT2D eigenvalue weighted by molar-refractivity contribution is 5.99. The number of nitrogens with two attached hydrogens (primary N) is 1. The van der Waals surface area contributed by atoms with E-state index in [0.717, 1.165) is 16.5 Å². The van der Waals surface area contributed by atoms with Crippen LogP contribution in [0.25, 0.3) is 16.5 Å². The molecule has 0 radical (unpaired) electrons. The topological polar surface area (TPSA) is 108 Å². The lowest BCUT2D eigenvalue weighted by Crippen LogP contribution is -1.97. The molecule has 0 atom stereocenters. The molecule has 0 aliphatic rings. The van der Waals surface area contributed by atoms with Gasteiger partial charge in [-0.2, -0.15) is 5.10 Å². The van der Waals surface area contributed by atoms with E-state index in [4.69, 9.17) is 10.3 Å². The maximum absolute atomic E-state index is 10.9. The van der Waals surface area contributed by atoms with Crippen LogP contribution >= 0.6 is 0 Å². The minimum atomic E-state index is -0.588. The van der Waals surface area contributed by atoms with Gasteiger partial charge in [-0.05, 0) is 24.3 Å². The van der Waals surface area contributed by atoms with Crippen LogP contribution in [-0.2, 0) is 0 Å². The van der Waals surface area contributed by atoms with E-state index in [9.17, 15) is 10.1 Å². The molecule has 25 heavy (non-hydrogen) atoms. The maximum atomic E-state index is 10.9. The molecule has 2 heterocycles. The number of pyridine rings is 1. The first-order valence-electron chi connectivity index (χ1n) is 7.34. The zero-order valence-corrected chi connectivity index (χ0v) is 13.1. The van der Waals surface area contributed by atoms with Crippen LogP contribution < -0.4 is 5.84 Å². The van der Waals surface area contributed by atoms with E-state index in [2.05, 4.69) is 16.7 Å². The van der Waals surface area contributed by atoms with Crippen molar-refractivity contribution in [1.29, 1.82) is 0 Å². The third-order valence-corrected chi connectivity index (χ3v) is 3.56. The van der Waals surface area contributed by atoms with Crippen molar-refractivity contribution in [3.05, 3.63) is 88.3 Å². The second-order valence-corrected chi connectivity index (χ2v) is 5.10. The average molecular weight is 334 g/mol. The summed E-state index contributed by atoms with van der Waals surface area (Å²) in [5.41, 5.74) is 2.66. The molecule has 1 aromatic carbocycles. The zero-order chi connectivity index (χ0) is 17.8. The number of rotatable bonds is 5. The third-order valence-electron chi connectivity index (χ3n) is 3.56. The summed E-state index contributed by atoms with van der Waals surface area (Å²) in [6.45, 7) is 3.69. The molecule has 2 aromatic heterocycles. The van der Waals surface area contributed by atoms with Gasteiger partial charge in [0.1, 0.15) is 10.7 Å². The van der Waals surface area contributed by atoms with Gasteiger partial charge in [0, 0.05) is 16.5 Å². The van der Waals surface area contributed by atoms with Crippen LogP contribution in [-0.4, -0.2) is 16.1 Å². The van der Waals surface area contributed by atoms with E-state index >= 15 is 0 Å². The van der Waals surface area contributed by atoms with Gasteiger partial charge in [-0.15, -0.1) is 0 Å². The summed E-state index contributed by atoms with van der Waals surface area (Å²) in [5.74, 6) is 5.29. The summed E-state index contributed by atoms with van der Waals surface area (Å²) in [6.07, 6.45) is 4.78. The zero-order valence-electron chi connectivity index (χ0n) is 13.1. The van der Waals surface area contributed by atoms with Crippen LogP contribution in [0.2, 0.25) is 0 Å². The van der Waals surface area contributed by atoms with E-state index in [1.807, 2.05) is 24.3 Å². The highest BCUT2D eigenvalue weighted by atomic mass is 16.6. The predicted octanol–water partition coefficient (Wildman–Crippen LogP) is 3.65. The summed E-state index contributed by atoms with van der Waals surface area (Å²) < 4.78 is 5.31. The number of aromatic nitrogens is 1. The largest absolute Gasteiger partial charge is 0.433 e.